The van der Waals surface area contributed by atoms with Crippen molar-refractivity contribution >= 4 is 29.1 Å². The van der Waals surface area contributed by atoms with Crippen molar-refractivity contribution in [2.45, 2.75) is 13.5 Å². The van der Waals surface area contributed by atoms with Gasteiger partial charge in [-0.2, -0.15) is 5.10 Å². The smallest absolute Gasteiger partial charge is 0.257 e. The van der Waals surface area contributed by atoms with Gasteiger partial charge in [-0.3, -0.25) is 4.79 Å². The van der Waals surface area contributed by atoms with E-state index in [1.165, 1.54) is 0 Å². The average Bonchev–Trinajstić information content (AvgIpc) is 3.39. The van der Waals surface area contributed by atoms with Gasteiger partial charge in [0, 0.05) is 11.8 Å². The van der Waals surface area contributed by atoms with Gasteiger partial charge >= 0.3 is 0 Å². The number of ether oxygens (including phenoxy) is 1. The van der Waals surface area contributed by atoms with E-state index in [4.69, 9.17) is 32.5 Å². The monoisotopic (exact) mass is 456 g/mol. The molecular weight excluding hydrogens is 439 g/mol. The van der Waals surface area contributed by atoms with Crippen LogP contribution in [0, 0.1) is 6.92 Å². The van der Waals surface area contributed by atoms with Crippen molar-refractivity contribution in [3.05, 3.63) is 81.8 Å². The van der Waals surface area contributed by atoms with Crippen LogP contribution in [-0.2, 0) is 6.54 Å². The Kier molecular flexibility index (Phi) is 5.97. The molecule has 7 nitrogen and oxygen atoms in total. The molecule has 2 aromatic carbocycles. The molecule has 0 saturated heterocycles. The lowest BCUT2D eigenvalue weighted by Gasteiger charge is -2.07. The van der Waals surface area contributed by atoms with Crippen LogP contribution in [0.25, 0.3) is 16.9 Å². The Balaban J connectivity index is 1.51. The number of hydrogen-bond acceptors (Lipinski definition) is 5. The molecule has 0 saturated carbocycles. The lowest BCUT2D eigenvalue weighted by molar-refractivity contribution is 0.0949. The first-order valence-corrected chi connectivity index (χ1v) is 10.1. The first kappa shape index (κ1) is 21.0. The lowest BCUT2D eigenvalue weighted by Crippen LogP contribution is -2.24. The van der Waals surface area contributed by atoms with Crippen LogP contribution in [0.1, 0.15) is 21.8 Å². The molecule has 1 N–H and O–H groups in total. The topological polar surface area (TPSA) is 82.2 Å². The summed E-state index contributed by atoms with van der Waals surface area (Å²) in [6.07, 6.45) is 1.82. The highest BCUT2D eigenvalue weighted by Crippen LogP contribution is 2.36. The summed E-state index contributed by atoms with van der Waals surface area (Å²) in [5.74, 6) is 0.776. The van der Waals surface area contributed by atoms with E-state index in [1.807, 2.05) is 36.5 Å². The normalized spacial score (nSPS) is 10.8. The van der Waals surface area contributed by atoms with Crippen molar-refractivity contribution in [1.82, 2.24) is 20.3 Å². The van der Waals surface area contributed by atoms with Gasteiger partial charge in [0.15, 0.2) is 0 Å². The van der Waals surface area contributed by atoms with E-state index in [1.54, 1.807) is 36.9 Å². The first-order valence-electron chi connectivity index (χ1n) is 9.35. The SMILES string of the molecule is COc1ccc(-n2ccc(CNC(=O)c3c(-c4c(Cl)cccc4Cl)noc3C)n2)cc1. The van der Waals surface area contributed by atoms with Crippen molar-refractivity contribution in [2.24, 2.45) is 0 Å². The zero-order chi connectivity index (χ0) is 22.0. The Morgan fingerprint density at radius 2 is 1.84 bits per heavy atom. The Morgan fingerprint density at radius 3 is 2.52 bits per heavy atom. The third kappa shape index (κ3) is 4.28. The largest absolute Gasteiger partial charge is 0.497 e. The van der Waals surface area contributed by atoms with Crippen molar-refractivity contribution in [2.75, 3.05) is 7.11 Å². The third-order valence-corrected chi connectivity index (χ3v) is 5.33. The van der Waals surface area contributed by atoms with Crippen molar-refractivity contribution in [3.63, 3.8) is 0 Å². The number of carbonyl (C=O) groups is 1. The van der Waals surface area contributed by atoms with Gasteiger partial charge in [-0.15, -0.1) is 0 Å². The van der Waals surface area contributed by atoms with Gasteiger partial charge in [0.1, 0.15) is 22.8 Å². The number of benzene rings is 2. The molecule has 31 heavy (non-hydrogen) atoms. The van der Waals surface area contributed by atoms with Crippen LogP contribution in [0.3, 0.4) is 0 Å². The molecule has 0 unspecified atom stereocenters. The Morgan fingerprint density at radius 1 is 1.13 bits per heavy atom. The maximum absolute atomic E-state index is 12.9. The first-order chi connectivity index (χ1) is 15.0. The predicted molar refractivity (Wildman–Crippen MR) is 118 cm³/mol. The van der Waals surface area contributed by atoms with Crippen molar-refractivity contribution in [1.29, 1.82) is 0 Å². The molecule has 4 rings (SSSR count). The second-order valence-corrected chi connectivity index (χ2v) is 7.51. The predicted octanol–water partition coefficient (Wildman–Crippen LogP) is 5.08. The minimum atomic E-state index is -0.358. The number of aryl methyl sites for hydroxylation is 1. The second kappa shape index (κ2) is 8.83. The van der Waals surface area contributed by atoms with E-state index in [9.17, 15) is 4.79 Å². The molecular formula is C22H18Cl2N4O3. The van der Waals surface area contributed by atoms with Gasteiger partial charge in [0.05, 0.1) is 35.1 Å². The van der Waals surface area contributed by atoms with E-state index in [0.29, 0.717) is 32.8 Å². The number of halogens is 2. The number of methoxy groups -OCH3 is 1. The summed E-state index contributed by atoms with van der Waals surface area (Å²) >= 11 is 12.6. The van der Waals surface area contributed by atoms with Crippen LogP contribution < -0.4 is 10.1 Å². The summed E-state index contributed by atoms with van der Waals surface area (Å²) in [5, 5.41) is 12.1. The fourth-order valence-electron chi connectivity index (χ4n) is 3.13. The van der Waals surface area contributed by atoms with E-state index in [2.05, 4.69) is 15.6 Å². The number of carbonyl (C=O) groups excluding carboxylic acids is 1. The zero-order valence-corrected chi connectivity index (χ0v) is 18.2. The van der Waals surface area contributed by atoms with E-state index in [0.717, 1.165) is 11.4 Å². The van der Waals surface area contributed by atoms with E-state index in [-0.39, 0.29) is 18.0 Å². The van der Waals surface area contributed by atoms with Crippen LogP contribution >= 0.6 is 23.2 Å². The number of nitrogens with one attached hydrogen (secondary N) is 1. The molecule has 0 aliphatic carbocycles. The van der Waals surface area contributed by atoms with E-state index < -0.39 is 0 Å². The quantitative estimate of drug-likeness (QED) is 0.437. The number of aromatic nitrogens is 3. The molecule has 158 valence electrons. The van der Waals surface area contributed by atoms with Gasteiger partial charge in [-0.05, 0) is 49.4 Å². The average molecular weight is 457 g/mol. The summed E-state index contributed by atoms with van der Waals surface area (Å²) in [6, 6.07) is 14.4. The second-order valence-electron chi connectivity index (χ2n) is 6.69. The molecule has 2 aromatic heterocycles. The van der Waals surface area contributed by atoms with Crippen LogP contribution in [0.4, 0.5) is 0 Å². The van der Waals surface area contributed by atoms with Crippen LogP contribution in [-0.4, -0.2) is 28.0 Å². The molecule has 2 heterocycles. The molecule has 0 aliphatic rings. The Bertz CT molecular complexity index is 1210. The Labute approximate surface area is 188 Å². The molecule has 1 amide bonds. The third-order valence-electron chi connectivity index (χ3n) is 4.70. The highest BCUT2D eigenvalue weighted by molar-refractivity contribution is 6.39. The maximum atomic E-state index is 12.9. The number of rotatable bonds is 6. The minimum absolute atomic E-state index is 0.225. The van der Waals surface area contributed by atoms with Crippen molar-refractivity contribution < 1.29 is 14.1 Å². The molecule has 4 aromatic rings. The summed E-state index contributed by atoms with van der Waals surface area (Å²) in [5.41, 5.74) is 2.61. The van der Waals surface area contributed by atoms with Crippen LogP contribution in [0.2, 0.25) is 10.0 Å². The number of amides is 1. The standard InChI is InChI=1S/C22H18Cl2N4O3/c1-13-19(21(27-31-13)20-17(23)4-3-5-18(20)24)22(29)25-12-14-10-11-28(26-14)15-6-8-16(30-2)9-7-15/h3-11H,12H2,1-2H3,(H,25,29). The molecule has 9 heteroatoms. The van der Waals surface area contributed by atoms with Crippen LogP contribution in [0.5, 0.6) is 5.75 Å². The van der Waals surface area contributed by atoms with Gasteiger partial charge in [0.2, 0.25) is 0 Å². The van der Waals surface area contributed by atoms with Gasteiger partial charge < -0.3 is 14.6 Å². The molecule has 0 aliphatic heterocycles. The molecule has 0 spiro atoms. The summed E-state index contributed by atoms with van der Waals surface area (Å²) in [7, 11) is 1.62. The summed E-state index contributed by atoms with van der Waals surface area (Å²) in [4.78, 5) is 12.9. The molecule has 0 radical (unpaired) electrons. The lowest BCUT2D eigenvalue weighted by atomic mass is 10.1. The summed E-state index contributed by atoms with van der Waals surface area (Å²) < 4.78 is 12.1. The van der Waals surface area contributed by atoms with Crippen LogP contribution in [0.15, 0.2) is 59.3 Å². The minimum Gasteiger partial charge on any atom is -0.497 e. The van der Waals surface area contributed by atoms with Gasteiger partial charge in [0.25, 0.3) is 5.91 Å². The van der Waals surface area contributed by atoms with Crippen molar-refractivity contribution in [3.8, 4) is 22.7 Å². The zero-order valence-electron chi connectivity index (χ0n) is 16.7. The fourth-order valence-corrected chi connectivity index (χ4v) is 3.70. The maximum Gasteiger partial charge on any atom is 0.257 e. The van der Waals surface area contributed by atoms with Gasteiger partial charge in [-0.1, -0.05) is 34.4 Å². The summed E-state index contributed by atoms with van der Waals surface area (Å²) in [6.45, 7) is 1.89. The number of hydrogen-bond donors (Lipinski definition) is 1. The Hall–Kier alpha value is -3.29. The fraction of sp³-hybridized carbons (Fsp3) is 0.136. The highest BCUT2D eigenvalue weighted by Gasteiger charge is 2.24. The number of nitrogens with zero attached hydrogens (tertiary/aromatic N) is 3. The van der Waals surface area contributed by atoms with E-state index >= 15 is 0 Å². The molecule has 0 fully saturated rings. The molecule has 0 atom stereocenters. The highest BCUT2D eigenvalue weighted by atomic mass is 35.5. The van der Waals surface area contributed by atoms with Gasteiger partial charge in [-0.25, -0.2) is 4.68 Å². The molecule has 0 bridgehead atoms.